The number of H-pyrrole nitrogens is 1. The third kappa shape index (κ3) is 7.53. The molecule has 3 amide bonds. The van der Waals surface area contributed by atoms with Crippen molar-refractivity contribution in [2.45, 2.75) is 63.4 Å². The van der Waals surface area contributed by atoms with E-state index in [-0.39, 0.29) is 6.61 Å². The maximum atomic E-state index is 14.6. The molecule has 3 heterocycles. The van der Waals surface area contributed by atoms with Crippen LogP contribution in [0.15, 0.2) is 66.7 Å². The molecule has 2 aliphatic rings. The van der Waals surface area contributed by atoms with Gasteiger partial charge in [-0.15, -0.1) is 0 Å². The number of hydrogen-bond acceptors (Lipinski definition) is 9. The van der Waals surface area contributed by atoms with Crippen molar-refractivity contribution in [2.75, 3.05) is 39.4 Å². The standard InChI is InChI=1S/C37H43N5O8/c1-36(2,3)50-35(45)41-32(24-9-7-6-8-10-24)34(44)42-28(22-49-37(42)15-17-48-18-16-37)33(43)38-25-13-11-23(12-14-25)19-31-39-26-20-29(46-4)30(47-5)21-27(26)40-31/h6-14,20-21,28,32H,15-19,22H2,1-5H3,(H,38,43)(H,39,40)(H,41,45). The maximum Gasteiger partial charge on any atom is 0.408 e. The van der Waals surface area contributed by atoms with Crippen molar-refractivity contribution >= 4 is 34.6 Å². The number of amides is 3. The van der Waals surface area contributed by atoms with Crippen LogP contribution < -0.4 is 20.1 Å². The maximum absolute atomic E-state index is 14.6. The lowest BCUT2D eigenvalue weighted by Crippen LogP contribution is -2.59. The monoisotopic (exact) mass is 685 g/mol. The number of nitrogens with one attached hydrogen (secondary N) is 3. The van der Waals surface area contributed by atoms with Crippen LogP contribution in [0.4, 0.5) is 10.5 Å². The van der Waals surface area contributed by atoms with E-state index in [9.17, 15) is 14.4 Å². The van der Waals surface area contributed by atoms with Gasteiger partial charge in [-0.25, -0.2) is 9.78 Å². The molecule has 0 radical (unpaired) electrons. The molecule has 3 N–H and O–H groups in total. The van der Waals surface area contributed by atoms with Gasteiger partial charge in [-0.1, -0.05) is 42.5 Å². The van der Waals surface area contributed by atoms with Gasteiger partial charge in [0.1, 0.15) is 29.2 Å². The zero-order chi connectivity index (χ0) is 35.5. The van der Waals surface area contributed by atoms with E-state index in [1.54, 1.807) is 59.3 Å². The molecule has 0 saturated carbocycles. The van der Waals surface area contributed by atoms with Gasteiger partial charge in [-0.3, -0.25) is 14.5 Å². The van der Waals surface area contributed by atoms with Gasteiger partial charge in [0.25, 0.3) is 5.91 Å². The number of aromatic nitrogens is 2. The molecule has 264 valence electrons. The highest BCUT2D eigenvalue weighted by molar-refractivity contribution is 5.99. The predicted molar refractivity (Wildman–Crippen MR) is 185 cm³/mol. The fourth-order valence-electron chi connectivity index (χ4n) is 6.38. The summed E-state index contributed by atoms with van der Waals surface area (Å²) in [5.41, 5.74) is 1.83. The van der Waals surface area contributed by atoms with Crippen LogP contribution in [0.5, 0.6) is 11.5 Å². The van der Waals surface area contributed by atoms with E-state index < -0.39 is 41.3 Å². The number of fused-ring (bicyclic) bond motifs is 1. The van der Waals surface area contributed by atoms with E-state index in [0.29, 0.717) is 55.2 Å². The summed E-state index contributed by atoms with van der Waals surface area (Å²) in [6, 6.07) is 17.9. The molecule has 2 fully saturated rings. The van der Waals surface area contributed by atoms with Crippen LogP contribution in [0, 0.1) is 0 Å². The number of carbonyl (C=O) groups excluding carboxylic acids is 3. The van der Waals surface area contributed by atoms with Gasteiger partial charge in [0, 0.05) is 37.1 Å². The largest absolute Gasteiger partial charge is 0.493 e. The first kappa shape index (κ1) is 34.7. The fraction of sp³-hybridized carbons (Fsp3) is 0.405. The van der Waals surface area contributed by atoms with Gasteiger partial charge in [-0.05, 0) is 44.0 Å². The molecule has 3 aromatic carbocycles. The number of benzene rings is 3. The van der Waals surface area contributed by atoms with E-state index in [4.69, 9.17) is 28.7 Å². The van der Waals surface area contributed by atoms with E-state index in [0.717, 1.165) is 22.4 Å². The first-order valence-electron chi connectivity index (χ1n) is 16.6. The average molecular weight is 686 g/mol. The van der Waals surface area contributed by atoms with Crippen LogP contribution in [-0.2, 0) is 30.2 Å². The Labute approximate surface area is 290 Å². The van der Waals surface area contributed by atoms with E-state index in [1.165, 1.54) is 4.90 Å². The molecule has 0 bridgehead atoms. The Hall–Kier alpha value is -5.14. The smallest absolute Gasteiger partial charge is 0.408 e. The highest BCUT2D eigenvalue weighted by Crippen LogP contribution is 2.39. The number of ether oxygens (including phenoxy) is 5. The Morgan fingerprint density at radius 2 is 1.68 bits per heavy atom. The molecule has 50 heavy (non-hydrogen) atoms. The van der Waals surface area contributed by atoms with Crippen molar-refractivity contribution in [3.63, 3.8) is 0 Å². The molecular formula is C37H43N5O8. The second-order valence-electron chi connectivity index (χ2n) is 13.4. The Kier molecular flexibility index (Phi) is 9.98. The summed E-state index contributed by atoms with van der Waals surface area (Å²) in [6.07, 6.45) is 0.547. The average Bonchev–Trinajstić information content (AvgIpc) is 3.67. The van der Waals surface area contributed by atoms with Crippen LogP contribution in [0.3, 0.4) is 0 Å². The summed E-state index contributed by atoms with van der Waals surface area (Å²) in [5, 5.41) is 5.72. The van der Waals surface area contributed by atoms with Gasteiger partial charge in [0.15, 0.2) is 11.5 Å². The van der Waals surface area contributed by atoms with Crippen LogP contribution in [0.25, 0.3) is 11.0 Å². The van der Waals surface area contributed by atoms with Crippen molar-refractivity contribution in [2.24, 2.45) is 0 Å². The van der Waals surface area contributed by atoms with Crippen LogP contribution >= 0.6 is 0 Å². The van der Waals surface area contributed by atoms with Crippen LogP contribution in [0.1, 0.15) is 56.6 Å². The number of imidazole rings is 1. The highest BCUT2D eigenvalue weighted by Gasteiger charge is 2.54. The number of anilines is 1. The molecule has 4 aromatic rings. The van der Waals surface area contributed by atoms with Gasteiger partial charge in [0.05, 0.1) is 45.1 Å². The second kappa shape index (κ2) is 14.4. The Bertz CT molecular complexity index is 1790. The summed E-state index contributed by atoms with van der Waals surface area (Å²) in [4.78, 5) is 51.0. The third-order valence-electron chi connectivity index (χ3n) is 8.74. The molecule has 2 atom stereocenters. The van der Waals surface area contributed by atoms with Gasteiger partial charge >= 0.3 is 6.09 Å². The van der Waals surface area contributed by atoms with Crippen LogP contribution in [0.2, 0.25) is 0 Å². The zero-order valence-electron chi connectivity index (χ0n) is 28.9. The molecular weight excluding hydrogens is 642 g/mol. The van der Waals surface area contributed by atoms with Crippen molar-refractivity contribution in [3.8, 4) is 11.5 Å². The Morgan fingerprint density at radius 3 is 2.34 bits per heavy atom. The third-order valence-corrected chi connectivity index (χ3v) is 8.74. The molecule has 6 rings (SSSR count). The number of aromatic amines is 1. The molecule has 1 spiro atoms. The minimum Gasteiger partial charge on any atom is -0.493 e. The molecule has 13 heteroatoms. The topological polar surface area (TPSA) is 153 Å². The molecule has 2 saturated heterocycles. The normalized spacial score (nSPS) is 17.7. The Morgan fingerprint density at radius 1 is 1.00 bits per heavy atom. The number of hydrogen-bond donors (Lipinski definition) is 3. The van der Waals surface area contributed by atoms with Crippen LogP contribution in [-0.4, -0.2) is 84.2 Å². The number of carbonyl (C=O) groups is 3. The quantitative estimate of drug-likeness (QED) is 0.218. The summed E-state index contributed by atoms with van der Waals surface area (Å²) < 4.78 is 28.2. The fourth-order valence-corrected chi connectivity index (χ4v) is 6.38. The molecule has 2 aliphatic heterocycles. The summed E-state index contributed by atoms with van der Waals surface area (Å²) in [6.45, 7) is 5.96. The summed E-state index contributed by atoms with van der Waals surface area (Å²) >= 11 is 0. The Balaban J connectivity index is 1.20. The SMILES string of the molecule is COc1cc2nc(Cc3ccc(NC(=O)C4COC5(CCOCC5)N4C(=O)C(NC(=O)OC(C)(C)C)c4ccccc4)cc3)[nH]c2cc1OC. The number of rotatable bonds is 9. The van der Waals surface area contributed by atoms with Gasteiger partial charge in [-0.2, -0.15) is 0 Å². The zero-order valence-corrected chi connectivity index (χ0v) is 28.9. The summed E-state index contributed by atoms with van der Waals surface area (Å²) in [5.74, 6) is 1.10. The van der Waals surface area contributed by atoms with Crippen molar-refractivity contribution < 1.29 is 38.1 Å². The van der Waals surface area contributed by atoms with Gasteiger partial charge in [0.2, 0.25) is 5.91 Å². The van der Waals surface area contributed by atoms with E-state index in [2.05, 4.69) is 15.6 Å². The second-order valence-corrected chi connectivity index (χ2v) is 13.4. The van der Waals surface area contributed by atoms with Crippen molar-refractivity contribution in [3.05, 3.63) is 83.7 Å². The lowest BCUT2D eigenvalue weighted by Gasteiger charge is -2.42. The number of nitrogens with zero attached hydrogens (tertiary/aromatic N) is 2. The highest BCUT2D eigenvalue weighted by atomic mass is 16.6. The minimum absolute atomic E-state index is 0.00870. The molecule has 1 aromatic heterocycles. The number of alkyl carbamates (subject to hydrolysis) is 1. The van der Waals surface area contributed by atoms with Crippen molar-refractivity contribution in [1.29, 1.82) is 0 Å². The van der Waals surface area contributed by atoms with Crippen molar-refractivity contribution in [1.82, 2.24) is 20.2 Å². The predicted octanol–water partition coefficient (Wildman–Crippen LogP) is 5.11. The number of methoxy groups -OCH3 is 2. The van der Waals surface area contributed by atoms with E-state index >= 15 is 0 Å². The first-order chi connectivity index (χ1) is 24.0. The lowest BCUT2D eigenvalue weighted by atomic mass is 9.97. The molecule has 13 nitrogen and oxygen atoms in total. The lowest BCUT2D eigenvalue weighted by molar-refractivity contribution is -0.172. The first-order valence-corrected chi connectivity index (χ1v) is 16.6. The van der Waals surface area contributed by atoms with E-state index in [1.807, 2.05) is 42.5 Å². The van der Waals surface area contributed by atoms with Gasteiger partial charge < -0.3 is 39.3 Å². The summed E-state index contributed by atoms with van der Waals surface area (Å²) in [7, 11) is 3.17. The molecule has 2 unspecified atom stereocenters. The minimum atomic E-state index is -1.12. The molecule has 0 aliphatic carbocycles.